The average molecular weight is 387 g/mol. The van der Waals surface area contributed by atoms with E-state index in [0.717, 1.165) is 23.2 Å². The first-order valence-electron chi connectivity index (χ1n) is 9.12. The van der Waals surface area contributed by atoms with Crippen molar-refractivity contribution >= 4 is 21.7 Å². The third kappa shape index (κ3) is 4.60. The Morgan fingerprint density at radius 3 is 2.59 bits per heavy atom. The van der Waals surface area contributed by atoms with Crippen LogP contribution in [0.2, 0.25) is 0 Å². The zero-order valence-corrected chi connectivity index (χ0v) is 16.5. The molecule has 1 aliphatic heterocycles. The molecule has 3 rings (SSSR count). The molecule has 144 valence electrons. The molecule has 2 N–H and O–H groups in total. The van der Waals surface area contributed by atoms with E-state index in [4.69, 9.17) is 0 Å². The van der Waals surface area contributed by atoms with Crippen molar-refractivity contribution in [2.75, 3.05) is 30.2 Å². The molecule has 0 saturated carbocycles. The highest BCUT2D eigenvalue weighted by molar-refractivity contribution is 7.92. The van der Waals surface area contributed by atoms with Crippen LogP contribution in [0.5, 0.6) is 0 Å². The molecule has 6 nitrogen and oxygen atoms in total. The Balaban J connectivity index is 1.55. The Labute approximate surface area is 161 Å². The molecule has 1 atom stereocenters. The minimum Gasteiger partial charge on any atom is -0.355 e. The first-order chi connectivity index (χ1) is 13.0. The van der Waals surface area contributed by atoms with Gasteiger partial charge in [0.15, 0.2) is 5.96 Å². The van der Waals surface area contributed by atoms with Gasteiger partial charge in [0.1, 0.15) is 0 Å². The van der Waals surface area contributed by atoms with Gasteiger partial charge in [-0.1, -0.05) is 48.5 Å². The highest BCUT2D eigenvalue weighted by Gasteiger charge is 2.28. The standard InChI is InChI=1S/C20H26N4O2S/c1-16(17-8-4-3-5-9-17)23-20(21-2)22-13-15-27(25,26)24-14-12-18-10-6-7-11-19(18)24/h3-11,16H,12-15H2,1-2H3,(H2,21,22,23). The van der Waals surface area contributed by atoms with E-state index in [1.54, 1.807) is 7.05 Å². The van der Waals surface area contributed by atoms with Gasteiger partial charge in [-0.15, -0.1) is 0 Å². The first-order valence-corrected chi connectivity index (χ1v) is 10.7. The molecule has 0 spiro atoms. The number of nitrogens with zero attached hydrogens (tertiary/aromatic N) is 2. The van der Waals surface area contributed by atoms with Gasteiger partial charge in [0, 0.05) is 20.1 Å². The van der Waals surface area contributed by atoms with E-state index >= 15 is 0 Å². The number of hydrogen-bond donors (Lipinski definition) is 2. The lowest BCUT2D eigenvalue weighted by molar-refractivity contribution is 0.590. The third-order valence-corrected chi connectivity index (χ3v) is 6.48. The topological polar surface area (TPSA) is 73.8 Å². The fourth-order valence-corrected chi connectivity index (χ4v) is 4.66. The van der Waals surface area contributed by atoms with E-state index in [9.17, 15) is 8.42 Å². The van der Waals surface area contributed by atoms with Crippen LogP contribution in [-0.2, 0) is 16.4 Å². The van der Waals surface area contributed by atoms with Crippen LogP contribution in [0.4, 0.5) is 5.69 Å². The van der Waals surface area contributed by atoms with Gasteiger partial charge in [0.25, 0.3) is 0 Å². The quantitative estimate of drug-likeness (QED) is 0.590. The molecule has 27 heavy (non-hydrogen) atoms. The molecule has 2 aromatic rings. The maximum absolute atomic E-state index is 12.7. The summed E-state index contributed by atoms with van der Waals surface area (Å²) in [6, 6.07) is 17.8. The zero-order chi connectivity index (χ0) is 19.3. The highest BCUT2D eigenvalue weighted by Crippen LogP contribution is 2.29. The summed E-state index contributed by atoms with van der Waals surface area (Å²) >= 11 is 0. The van der Waals surface area contributed by atoms with E-state index in [1.165, 1.54) is 4.31 Å². The van der Waals surface area contributed by atoms with Crippen LogP contribution >= 0.6 is 0 Å². The lowest BCUT2D eigenvalue weighted by atomic mass is 10.1. The predicted molar refractivity (Wildman–Crippen MR) is 111 cm³/mol. The van der Waals surface area contributed by atoms with E-state index in [1.807, 2.05) is 61.5 Å². The number of para-hydroxylation sites is 1. The number of nitrogens with one attached hydrogen (secondary N) is 2. The van der Waals surface area contributed by atoms with Gasteiger partial charge in [-0.25, -0.2) is 8.42 Å². The van der Waals surface area contributed by atoms with Crippen molar-refractivity contribution in [3.05, 3.63) is 65.7 Å². The number of anilines is 1. The van der Waals surface area contributed by atoms with E-state index in [-0.39, 0.29) is 11.8 Å². The SMILES string of the molecule is CN=C(NCCS(=O)(=O)N1CCc2ccccc21)NC(C)c1ccccc1. The monoisotopic (exact) mass is 386 g/mol. The lowest BCUT2D eigenvalue weighted by Gasteiger charge is -2.21. The summed E-state index contributed by atoms with van der Waals surface area (Å²) in [6.45, 7) is 2.85. The summed E-state index contributed by atoms with van der Waals surface area (Å²) in [5.74, 6) is 0.602. The van der Waals surface area contributed by atoms with Crippen LogP contribution in [0.25, 0.3) is 0 Å². The molecule has 1 unspecified atom stereocenters. The minimum atomic E-state index is -3.37. The van der Waals surface area contributed by atoms with Crippen LogP contribution in [0.3, 0.4) is 0 Å². The molecule has 0 saturated heterocycles. The number of sulfonamides is 1. The molecule has 7 heteroatoms. The van der Waals surface area contributed by atoms with Gasteiger partial charge in [0.2, 0.25) is 10.0 Å². The van der Waals surface area contributed by atoms with Crippen LogP contribution in [0.15, 0.2) is 59.6 Å². The third-order valence-electron chi connectivity index (χ3n) is 4.71. The second-order valence-corrected chi connectivity index (χ2v) is 8.56. The largest absolute Gasteiger partial charge is 0.355 e. The van der Waals surface area contributed by atoms with E-state index in [2.05, 4.69) is 15.6 Å². The van der Waals surface area contributed by atoms with Gasteiger partial charge in [-0.05, 0) is 30.5 Å². The van der Waals surface area contributed by atoms with Crippen molar-refractivity contribution < 1.29 is 8.42 Å². The Hall–Kier alpha value is -2.54. The smallest absolute Gasteiger partial charge is 0.236 e. The van der Waals surface area contributed by atoms with Crippen LogP contribution in [0, 0.1) is 0 Å². The zero-order valence-electron chi connectivity index (χ0n) is 15.7. The maximum atomic E-state index is 12.7. The molecule has 0 radical (unpaired) electrons. The highest BCUT2D eigenvalue weighted by atomic mass is 32.2. The predicted octanol–water partition coefficient (Wildman–Crippen LogP) is 2.31. The molecule has 0 bridgehead atoms. The van der Waals surface area contributed by atoms with Gasteiger partial charge in [-0.3, -0.25) is 9.30 Å². The summed E-state index contributed by atoms with van der Waals surface area (Å²) in [7, 11) is -1.69. The van der Waals surface area contributed by atoms with Crippen molar-refractivity contribution in [2.24, 2.45) is 4.99 Å². The van der Waals surface area contributed by atoms with Crippen LogP contribution in [0.1, 0.15) is 24.1 Å². The summed E-state index contributed by atoms with van der Waals surface area (Å²) in [4.78, 5) is 4.19. The average Bonchev–Trinajstić information content (AvgIpc) is 3.13. The van der Waals surface area contributed by atoms with Crippen molar-refractivity contribution in [2.45, 2.75) is 19.4 Å². The molecule has 0 aromatic heterocycles. The Kier molecular flexibility index (Phi) is 6.01. The molecular weight excluding hydrogens is 360 g/mol. The van der Waals surface area contributed by atoms with Crippen LogP contribution < -0.4 is 14.9 Å². The second kappa shape index (κ2) is 8.43. The summed E-state index contributed by atoms with van der Waals surface area (Å²) in [5, 5.41) is 6.39. The normalized spacial score (nSPS) is 15.3. The fraction of sp³-hybridized carbons (Fsp3) is 0.350. The van der Waals surface area contributed by atoms with Crippen molar-refractivity contribution in [1.82, 2.24) is 10.6 Å². The summed E-state index contributed by atoms with van der Waals surface area (Å²) in [6.07, 6.45) is 0.765. The van der Waals surface area contributed by atoms with Gasteiger partial charge < -0.3 is 10.6 Å². The van der Waals surface area contributed by atoms with Crippen molar-refractivity contribution in [3.63, 3.8) is 0 Å². The Morgan fingerprint density at radius 1 is 1.15 bits per heavy atom. The number of rotatable bonds is 6. The van der Waals surface area contributed by atoms with E-state index in [0.29, 0.717) is 19.0 Å². The molecule has 1 aliphatic rings. The minimum absolute atomic E-state index is 0.0156. The molecule has 2 aromatic carbocycles. The number of guanidine groups is 1. The summed E-state index contributed by atoms with van der Waals surface area (Å²) < 4.78 is 27.0. The molecule has 0 fully saturated rings. The molecule has 0 amide bonds. The number of hydrogen-bond acceptors (Lipinski definition) is 3. The lowest BCUT2D eigenvalue weighted by Crippen LogP contribution is -2.42. The van der Waals surface area contributed by atoms with Crippen LogP contribution in [-0.4, -0.2) is 40.3 Å². The van der Waals surface area contributed by atoms with Gasteiger partial charge >= 0.3 is 0 Å². The number of fused-ring (bicyclic) bond motifs is 1. The van der Waals surface area contributed by atoms with Gasteiger partial charge in [0.05, 0.1) is 17.5 Å². The second-order valence-electron chi connectivity index (χ2n) is 6.54. The Morgan fingerprint density at radius 2 is 1.85 bits per heavy atom. The number of benzene rings is 2. The van der Waals surface area contributed by atoms with Crippen molar-refractivity contribution in [1.29, 1.82) is 0 Å². The fourth-order valence-electron chi connectivity index (χ4n) is 3.23. The first kappa shape index (κ1) is 19.2. The number of aliphatic imine (C=N–C) groups is 1. The molecular formula is C20H26N4O2S. The van der Waals surface area contributed by atoms with E-state index < -0.39 is 10.0 Å². The van der Waals surface area contributed by atoms with Crippen molar-refractivity contribution in [3.8, 4) is 0 Å². The maximum Gasteiger partial charge on any atom is 0.236 e. The summed E-state index contributed by atoms with van der Waals surface area (Å²) in [5.41, 5.74) is 3.03. The molecule has 1 heterocycles. The Bertz CT molecular complexity index is 897. The molecule has 0 aliphatic carbocycles. The van der Waals surface area contributed by atoms with Gasteiger partial charge in [-0.2, -0.15) is 0 Å².